The fraction of sp³-hybridized carbons (Fsp3) is 0.0476. The Kier molecular flexibility index (Phi) is 12.3. The van der Waals surface area contributed by atoms with E-state index >= 15 is 0 Å². The molecule has 0 aromatic heterocycles. The first-order valence-corrected chi connectivity index (χ1v) is 8.48. The summed E-state index contributed by atoms with van der Waals surface area (Å²) in [5.74, 6) is 0. The van der Waals surface area contributed by atoms with Crippen molar-refractivity contribution in [2.75, 3.05) is 0 Å². The molecule has 1 unspecified atom stereocenters. The Morgan fingerprint density at radius 2 is 1.44 bits per heavy atom. The number of benzene rings is 2. The van der Waals surface area contributed by atoms with Crippen molar-refractivity contribution in [3.63, 3.8) is 0 Å². The molecule has 0 N–H and O–H groups in total. The maximum Gasteiger partial charge on any atom is 4.00 e. The van der Waals surface area contributed by atoms with Crippen LogP contribution in [0.15, 0.2) is 91.0 Å². The summed E-state index contributed by atoms with van der Waals surface area (Å²) in [7, 11) is 0.759. The molecule has 25 heavy (non-hydrogen) atoms. The van der Waals surface area contributed by atoms with Crippen molar-refractivity contribution in [3.8, 4) is 0 Å². The van der Waals surface area contributed by atoms with Gasteiger partial charge in [-0.2, -0.15) is 24.3 Å². The first-order valence-electron chi connectivity index (χ1n) is 7.48. The standard InChI is InChI=1S/C16H14P.C5H5.2ClH.Zr/c1-12-6-2-5-9-16(12)17-15-10-13-7-3-4-8-14(13)11-15;1-2-4-5-3-1;;;/h2-11,17H,1H3;1-5H;2*1H;/q2*-1;;;+4/p-2. The summed E-state index contributed by atoms with van der Waals surface area (Å²) in [6, 6.07) is 31.8. The molecule has 4 rings (SSSR count). The van der Waals surface area contributed by atoms with Gasteiger partial charge in [0.15, 0.2) is 0 Å². The molecule has 0 aliphatic rings. The molecule has 0 heterocycles. The second-order valence-electron chi connectivity index (χ2n) is 5.28. The average Bonchev–Trinajstić information content (AvgIpc) is 3.21. The van der Waals surface area contributed by atoms with E-state index in [0.29, 0.717) is 0 Å². The van der Waals surface area contributed by atoms with Gasteiger partial charge < -0.3 is 24.8 Å². The van der Waals surface area contributed by atoms with Crippen molar-refractivity contribution >= 4 is 30.0 Å². The second-order valence-corrected chi connectivity index (χ2v) is 6.64. The zero-order valence-electron chi connectivity index (χ0n) is 13.9. The zero-order valence-corrected chi connectivity index (χ0v) is 18.9. The monoisotopic (exact) mass is 462 g/mol. The van der Waals surface area contributed by atoms with E-state index in [2.05, 4.69) is 67.6 Å². The van der Waals surface area contributed by atoms with Crippen LogP contribution in [0.1, 0.15) is 5.56 Å². The van der Waals surface area contributed by atoms with Crippen molar-refractivity contribution in [3.05, 3.63) is 96.6 Å². The van der Waals surface area contributed by atoms with E-state index in [1.165, 1.54) is 26.9 Å². The number of aryl methyl sites for hydroxylation is 1. The molecule has 0 bridgehead atoms. The van der Waals surface area contributed by atoms with Crippen LogP contribution in [0.3, 0.4) is 0 Å². The van der Waals surface area contributed by atoms with Gasteiger partial charge in [-0.05, 0) is 17.8 Å². The summed E-state index contributed by atoms with van der Waals surface area (Å²) in [6.07, 6.45) is 0. The van der Waals surface area contributed by atoms with Crippen LogP contribution in [0.4, 0.5) is 0 Å². The molecule has 126 valence electrons. The van der Waals surface area contributed by atoms with E-state index in [0.717, 1.165) is 8.58 Å². The number of halogens is 2. The number of hydrogen-bond donors (Lipinski definition) is 0. The summed E-state index contributed by atoms with van der Waals surface area (Å²) in [5, 5.41) is 5.58. The van der Waals surface area contributed by atoms with Crippen LogP contribution in [-0.4, -0.2) is 0 Å². The molecule has 0 radical (unpaired) electrons. The summed E-state index contributed by atoms with van der Waals surface area (Å²) in [6.45, 7) is 2.19. The van der Waals surface area contributed by atoms with Gasteiger partial charge in [-0.1, -0.05) is 38.9 Å². The largest absolute Gasteiger partial charge is 4.00 e. The van der Waals surface area contributed by atoms with Gasteiger partial charge in [0.2, 0.25) is 0 Å². The molecule has 4 aromatic carbocycles. The molecule has 1 atom stereocenters. The van der Waals surface area contributed by atoms with Gasteiger partial charge in [-0.15, -0.1) is 40.3 Å². The molecule has 0 spiro atoms. The minimum Gasteiger partial charge on any atom is -1.00 e. The molecule has 4 heteroatoms. The third kappa shape index (κ3) is 7.20. The van der Waals surface area contributed by atoms with Gasteiger partial charge in [0, 0.05) is 0 Å². The fourth-order valence-electron chi connectivity index (χ4n) is 2.41. The number of hydrogen-bond acceptors (Lipinski definition) is 0. The van der Waals surface area contributed by atoms with E-state index in [9.17, 15) is 0 Å². The third-order valence-corrected chi connectivity index (χ3v) is 5.01. The molecule has 0 aliphatic heterocycles. The SMILES string of the molecule is Cc1ccccc1Pc1cc2ccccc2[cH-]1.[Cl-].[Cl-].[Zr+4].c1cc[cH-]c1. The first kappa shape index (κ1) is 24.3. The average molecular weight is 464 g/mol. The van der Waals surface area contributed by atoms with Crippen molar-refractivity contribution in [2.24, 2.45) is 0 Å². The summed E-state index contributed by atoms with van der Waals surface area (Å²) in [4.78, 5) is 0. The molecule has 0 saturated heterocycles. The zero-order chi connectivity index (χ0) is 15.2. The van der Waals surface area contributed by atoms with E-state index < -0.39 is 0 Å². The Balaban J connectivity index is 0.000000630. The Labute approximate surface area is 183 Å². The minimum atomic E-state index is 0. The summed E-state index contributed by atoms with van der Waals surface area (Å²) < 4.78 is 0. The van der Waals surface area contributed by atoms with Crippen molar-refractivity contribution < 1.29 is 51.0 Å². The third-order valence-electron chi connectivity index (χ3n) is 3.60. The van der Waals surface area contributed by atoms with Gasteiger partial charge in [-0.25, -0.2) is 12.1 Å². The fourth-order valence-corrected chi connectivity index (χ4v) is 3.64. The molecule has 0 amide bonds. The van der Waals surface area contributed by atoms with Crippen LogP contribution in [-0.2, 0) is 26.2 Å². The van der Waals surface area contributed by atoms with Gasteiger partial charge in [0.1, 0.15) is 0 Å². The Morgan fingerprint density at radius 3 is 2.04 bits per heavy atom. The topological polar surface area (TPSA) is 0 Å². The van der Waals surface area contributed by atoms with Crippen LogP contribution in [0, 0.1) is 6.92 Å². The van der Waals surface area contributed by atoms with Crippen LogP contribution >= 0.6 is 8.58 Å². The molecule has 0 saturated carbocycles. The van der Waals surface area contributed by atoms with Crippen LogP contribution < -0.4 is 35.4 Å². The molecule has 0 nitrogen and oxygen atoms in total. The van der Waals surface area contributed by atoms with E-state index in [-0.39, 0.29) is 51.0 Å². The Morgan fingerprint density at radius 1 is 0.800 bits per heavy atom. The van der Waals surface area contributed by atoms with Gasteiger partial charge in [0.25, 0.3) is 0 Å². The van der Waals surface area contributed by atoms with Gasteiger partial charge >= 0.3 is 26.2 Å². The molecule has 4 aromatic rings. The van der Waals surface area contributed by atoms with Crippen LogP contribution in [0.25, 0.3) is 10.8 Å². The normalized spacial score (nSPS) is 9.48. The number of fused-ring (bicyclic) bond motifs is 1. The molecule has 0 fully saturated rings. The predicted octanol–water partition coefficient (Wildman–Crippen LogP) is -1.09. The van der Waals surface area contributed by atoms with Crippen molar-refractivity contribution in [1.82, 2.24) is 0 Å². The second kappa shape index (κ2) is 12.6. The van der Waals surface area contributed by atoms with Crippen LogP contribution in [0.5, 0.6) is 0 Å². The molecule has 0 aliphatic carbocycles. The van der Waals surface area contributed by atoms with Gasteiger partial charge in [-0.3, -0.25) is 0 Å². The van der Waals surface area contributed by atoms with Gasteiger partial charge in [0.05, 0.1) is 0 Å². The quantitative estimate of drug-likeness (QED) is 0.261. The molecular formula is C21H19Cl2PZr. The maximum absolute atomic E-state index is 2.31. The summed E-state index contributed by atoms with van der Waals surface area (Å²) in [5.41, 5.74) is 1.39. The number of rotatable bonds is 2. The van der Waals surface area contributed by atoms with Crippen molar-refractivity contribution in [2.45, 2.75) is 6.92 Å². The van der Waals surface area contributed by atoms with E-state index in [1.807, 2.05) is 30.3 Å². The van der Waals surface area contributed by atoms with E-state index in [4.69, 9.17) is 0 Å². The van der Waals surface area contributed by atoms with Crippen LogP contribution in [0.2, 0.25) is 0 Å². The minimum absolute atomic E-state index is 0. The maximum atomic E-state index is 2.31. The van der Waals surface area contributed by atoms with E-state index in [1.54, 1.807) is 0 Å². The predicted molar refractivity (Wildman–Crippen MR) is 100 cm³/mol. The first-order chi connectivity index (χ1) is 10.8. The molecular weight excluding hydrogens is 445 g/mol. The summed E-state index contributed by atoms with van der Waals surface area (Å²) >= 11 is 0. The Bertz CT molecular complexity index is 788. The smallest absolute Gasteiger partial charge is 1.00 e. The Hall–Kier alpha value is -0.707. The van der Waals surface area contributed by atoms with Crippen molar-refractivity contribution in [1.29, 1.82) is 0 Å².